The topological polar surface area (TPSA) is 43.8 Å². The van der Waals surface area contributed by atoms with E-state index in [0.717, 1.165) is 17.8 Å². The molecule has 0 amide bonds. The van der Waals surface area contributed by atoms with E-state index in [9.17, 15) is 4.39 Å². The third-order valence-corrected chi connectivity index (χ3v) is 2.54. The molecule has 1 heterocycles. The highest BCUT2D eigenvalue weighted by Crippen LogP contribution is 2.17. The zero-order valence-corrected chi connectivity index (χ0v) is 9.15. The second-order valence-corrected chi connectivity index (χ2v) is 3.56. The van der Waals surface area contributed by atoms with Gasteiger partial charge in [0, 0.05) is 25.4 Å². The van der Waals surface area contributed by atoms with Crippen LogP contribution in [0.4, 0.5) is 4.39 Å². The fourth-order valence-electron chi connectivity index (χ4n) is 1.69. The number of halogens is 1. The maximum absolute atomic E-state index is 13.8. The maximum atomic E-state index is 13.8. The number of imidazole rings is 1. The van der Waals surface area contributed by atoms with Crippen molar-refractivity contribution in [2.24, 2.45) is 5.73 Å². The number of hydrogen-bond acceptors (Lipinski definition) is 2. The van der Waals surface area contributed by atoms with Gasteiger partial charge in [0.25, 0.3) is 0 Å². The van der Waals surface area contributed by atoms with Gasteiger partial charge in [0.05, 0.1) is 5.69 Å². The summed E-state index contributed by atoms with van der Waals surface area (Å²) in [6, 6.07) is 5.03. The van der Waals surface area contributed by atoms with Gasteiger partial charge in [-0.25, -0.2) is 9.37 Å². The van der Waals surface area contributed by atoms with Crippen molar-refractivity contribution < 1.29 is 4.39 Å². The lowest BCUT2D eigenvalue weighted by atomic mass is 10.2. The highest BCUT2D eigenvalue weighted by molar-refractivity contribution is 5.37. The Morgan fingerprint density at radius 3 is 2.88 bits per heavy atom. The molecule has 0 aliphatic heterocycles. The van der Waals surface area contributed by atoms with Gasteiger partial charge in [-0.2, -0.15) is 0 Å². The molecule has 2 rings (SSSR count). The molecule has 1 aromatic carbocycles. The van der Waals surface area contributed by atoms with E-state index in [0.29, 0.717) is 12.2 Å². The molecule has 0 saturated heterocycles. The van der Waals surface area contributed by atoms with Crippen molar-refractivity contribution in [3.8, 4) is 5.69 Å². The molecule has 0 radical (unpaired) electrons. The molecule has 0 spiro atoms. The molecule has 0 bridgehead atoms. The van der Waals surface area contributed by atoms with Crippen LogP contribution in [0.1, 0.15) is 18.3 Å². The van der Waals surface area contributed by atoms with Gasteiger partial charge >= 0.3 is 0 Å². The first-order valence-electron chi connectivity index (χ1n) is 5.27. The van der Waals surface area contributed by atoms with Crippen molar-refractivity contribution in [2.45, 2.75) is 19.9 Å². The van der Waals surface area contributed by atoms with Gasteiger partial charge in [-0.1, -0.05) is 13.0 Å². The summed E-state index contributed by atoms with van der Waals surface area (Å²) in [4.78, 5) is 4.17. The molecule has 0 unspecified atom stereocenters. The normalized spacial score (nSPS) is 10.7. The van der Waals surface area contributed by atoms with E-state index in [1.54, 1.807) is 23.0 Å². The molecule has 2 N–H and O–H groups in total. The molecule has 16 heavy (non-hydrogen) atoms. The highest BCUT2D eigenvalue weighted by Gasteiger charge is 2.08. The molecule has 0 aliphatic carbocycles. The number of aryl methyl sites for hydroxylation is 1. The summed E-state index contributed by atoms with van der Waals surface area (Å²) in [6.07, 6.45) is 4.21. The Morgan fingerprint density at radius 1 is 1.44 bits per heavy atom. The summed E-state index contributed by atoms with van der Waals surface area (Å²) in [5.74, 6) is 0.579. The number of rotatable bonds is 3. The Morgan fingerprint density at radius 2 is 2.25 bits per heavy atom. The van der Waals surface area contributed by atoms with Gasteiger partial charge in [0.15, 0.2) is 0 Å². The van der Waals surface area contributed by atoms with E-state index in [4.69, 9.17) is 5.73 Å². The van der Waals surface area contributed by atoms with Crippen LogP contribution in [0.25, 0.3) is 5.69 Å². The average molecular weight is 219 g/mol. The van der Waals surface area contributed by atoms with Crippen molar-refractivity contribution in [3.63, 3.8) is 0 Å². The molecule has 0 aliphatic rings. The quantitative estimate of drug-likeness (QED) is 0.858. The van der Waals surface area contributed by atoms with Gasteiger partial charge < -0.3 is 10.3 Å². The zero-order valence-electron chi connectivity index (χ0n) is 9.15. The molecular weight excluding hydrogens is 205 g/mol. The number of nitrogens with zero attached hydrogens (tertiary/aromatic N) is 2. The Bertz CT molecular complexity index is 491. The van der Waals surface area contributed by atoms with E-state index < -0.39 is 0 Å². The van der Waals surface area contributed by atoms with Crippen molar-refractivity contribution in [1.82, 2.24) is 9.55 Å². The predicted octanol–water partition coefficient (Wildman–Crippen LogP) is 2.03. The first-order chi connectivity index (χ1) is 7.76. The molecule has 84 valence electrons. The monoisotopic (exact) mass is 219 g/mol. The van der Waals surface area contributed by atoms with Crippen molar-refractivity contribution in [3.05, 3.63) is 47.8 Å². The van der Waals surface area contributed by atoms with Crippen LogP contribution in [0.3, 0.4) is 0 Å². The minimum absolute atomic E-state index is 0.268. The summed E-state index contributed by atoms with van der Waals surface area (Å²) in [5.41, 5.74) is 6.77. The van der Waals surface area contributed by atoms with Crippen molar-refractivity contribution in [1.29, 1.82) is 0 Å². The SMILES string of the molecule is CCc1nccn1-c1ccc(CN)cc1F. The average Bonchev–Trinajstić information content (AvgIpc) is 2.76. The van der Waals surface area contributed by atoms with E-state index in [2.05, 4.69) is 4.98 Å². The number of hydrogen-bond donors (Lipinski definition) is 1. The largest absolute Gasteiger partial charge is 0.326 e. The fourth-order valence-corrected chi connectivity index (χ4v) is 1.69. The van der Waals surface area contributed by atoms with Crippen molar-refractivity contribution >= 4 is 0 Å². The third kappa shape index (κ3) is 1.84. The summed E-state index contributed by atoms with van der Waals surface area (Å²) in [6.45, 7) is 2.34. The first kappa shape index (κ1) is 10.8. The maximum Gasteiger partial charge on any atom is 0.147 e. The van der Waals surface area contributed by atoms with Crippen LogP contribution in [0.2, 0.25) is 0 Å². The van der Waals surface area contributed by atoms with E-state index in [1.807, 2.05) is 13.0 Å². The van der Waals surface area contributed by atoms with Gasteiger partial charge in [-0.05, 0) is 17.7 Å². The van der Waals surface area contributed by atoms with Gasteiger partial charge in [-0.15, -0.1) is 0 Å². The zero-order chi connectivity index (χ0) is 11.5. The predicted molar refractivity (Wildman–Crippen MR) is 60.8 cm³/mol. The van der Waals surface area contributed by atoms with Crippen molar-refractivity contribution in [2.75, 3.05) is 0 Å². The van der Waals surface area contributed by atoms with Crippen LogP contribution < -0.4 is 5.73 Å². The molecule has 1 aromatic heterocycles. The fraction of sp³-hybridized carbons (Fsp3) is 0.250. The van der Waals surface area contributed by atoms with E-state index in [-0.39, 0.29) is 5.82 Å². The third-order valence-electron chi connectivity index (χ3n) is 2.54. The summed E-state index contributed by atoms with van der Waals surface area (Å²) in [5, 5.41) is 0. The van der Waals surface area contributed by atoms with Crippen LogP contribution in [0, 0.1) is 5.82 Å². The highest BCUT2D eigenvalue weighted by atomic mass is 19.1. The van der Waals surface area contributed by atoms with Crippen LogP contribution >= 0.6 is 0 Å². The van der Waals surface area contributed by atoms with Crippen LogP contribution in [-0.2, 0) is 13.0 Å². The second kappa shape index (κ2) is 4.45. The molecular formula is C12H14FN3. The minimum Gasteiger partial charge on any atom is -0.326 e. The van der Waals surface area contributed by atoms with Crippen LogP contribution in [-0.4, -0.2) is 9.55 Å². The molecule has 4 heteroatoms. The van der Waals surface area contributed by atoms with Gasteiger partial charge in [-0.3, -0.25) is 0 Å². The molecule has 0 saturated carbocycles. The Labute approximate surface area is 93.7 Å². The lowest BCUT2D eigenvalue weighted by Crippen LogP contribution is -2.03. The summed E-state index contributed by atoms with van der Waals surface area (Å²) < 4.78 is 15.6. The van der Waals surface area contributed by atoms with Crippen LogP contribution in [0.5, 0.6) is 0 Å². The van der Waals surface area contributed by atoms with E-state index in [1.165, 1.54) is 6.07 Å². The lowest BCUT2D eigenvalue weighted by molar-refractivity contribution is 0.613. The summed E-state index contributed by atoms with van der Waals surface area (Å²) >= 11 is 0. The molecule has 0 atom stereocenters. The number of aromatic nitrogens is 2. The van der Waals surface area contributed by atoms with Crippen LogP contribution in [0.15, 0.2) is 30.6 Å². The smallest absolute Gasteiger partial charge is 0.147 e. The molecule has 0 fully saturated rings. The lowest BCUT2D eigenvalue weighted by Gasteiger charge is -2.08. The van der Waals surface area contributed by atoms with Gasteiger partial charge in [0.1, 0.15) is 11.6 Å². The standard InChI is InChI=1S/C12H14FN3/c1-2-12-15-5-6-16(12)11-4-3-9(8-14)7-10(11)13/h3-7H,2,8,14H2,1H3. The number of benzene rings is 1. The Balaban J connectivity index is 2.48. The number of nitrogens with two attached hydrogens (primary N) is 1. The Hall–Kier alpha value is -1.68. The Kier molecular flexibility index (Phi) is 3.01. The molecule has 2 aromatic rings. The second-order valence-electron chi connectivity index (χ2n) is 3.56. The first-order valence-corrected chi connectivity index (χ1v) is 5.27. The minimum atomic E-state index is -0.268. The van der Waals surface area contributed by atoms with E-state index >= 15 is 0 Å². The van der Waals surface area contributed by atoms with Gasteiger partial charge in [0.2, 0.25) is 0 Å². The molecule has 3 nitrogen and oxygen atoms in total. The summed E-state index contributed by atoms with van der Waals surface area (Å²) in [7, 11) is 0.